The molecule has 0 fully saturated rings. The number of benzene rings is 2. The summed E-state index contributed by atoms with van der Waals surface area (Å²) in [5.74, 6) is -0.369. The fraction of sp³-hybridized carbons (Fsp3) is 0.0625. The van der Waals surface area contributed by atoms with Crippen molar-refractivity contribution in [2.45, 2.75) is 6.42 Å². The molecule has 1 heterocycles. The first-order valence-electron chi connectivity index (χ1n) is 6.74. The van der Waals surface area contributed by atoms with Gasteiger partial charge in [-0.25, -0.2) is 0 Å². The van der Waals surface area contributed by atoms with E-state index >= 15 is 0 Å². The van der Waals surface area contributed by atoms with E-state index in [4.69, 9.17) is 32.4 Å². The van der Waals surface area contributed by atoms with Crippen molar-refractivity contribution >= 4 is 45.8 Å². The lowest BCUT2D eigenvalue weighted by Gasteiger charge is -2.06. The molecule has 0 aliphatic carbocycles. The molecule has 0 bridgehead atoms. The summed E-state index contributed by atoms with van der Waals surface area (Å²) >= 11 is 11.8. The minimum atomic E-state index is -0.565. The van der Waals surface area contributed by atoms with Gasteiger partial charge in [-0.05, 0) is 35.9 Å². The fourth-order valence-electron chi connectivity index (χ4n) is 2.19. The smallest absolute Gasteiger partial charge is 0.315 e. The molecule has 0 spiro atoms. The summed E-state index contributed by atoms with van der Waals surface area (Å²) in [6.45, 7) is 0. The Hall–Kier alpha value is -2.57. The Labute approximate surface area is 145 Å². The molecule has 8 heteroatoms. The molecule has 0 aliphatic heterocycles. The number of ether oxygens (including phenoxy) is 1. The molecule has 2 aromatic carbocycles. The van der Waals surface area contributed by atoms with E-state index in [0.29, 0.717) is 21.2 Å². The fourth-order valence-corrected chi connectivity index (χ4v) is 2.66. The van der Waals surface area contributed by atoms with Crippen LogP contribution in [0, 0.1) is 10.1 Å². The minimum Gasteiger partial charge on any atom is -0.457 e. The number of carbonyl (C=O) groups is 1. The summed E-state index contributed by atoms with van der Waals surface area (Å²) in [6.07, 6.45) is 0.991. The van der Waals surface area contributed by atoms with Gasteiger partial charge in [-0.15, -0.1) is 0 Å². The molecule has 6 nitrogen and oxygen atoms in total. The number of furan rings is 1. The summed E-state index contributed by atoms with van der Waals surface area (Å²) in [7, 11) is 0. The number of hydrogen-bond donors (Lipinski definition) is 0. The molecular formula is C16H9Cl2NO5. The van der Waals surface area contributed by atoms with Crippen molar-refractivity contribution < 1.29 is 18.9 Å². The first-order valence-corrected chi connectivity index (χ1v) is 7.50. The monoisotopic (exact) mass is 365 g/mol. The van der Waals surface area contributed by atoms with Crippen LogP contribution in [-0.4, -0.2) is 10.9 Å². The van der Waals surface area contributed by atoms with Crippen LogP contribution in [0.2, 0.25) is 10.0 Å². The molecule has 0 atom stereocenters. The summed E-state index contributed by atoms with van der Waals surface area (Å²) < 4.78 is 10.3. The van der Waals surface area contributed by atoms with Crippen LogP contribution in [0.3, 0.4) is 0 Å². The summed E-state index contributed by atoms with van der Waals surface area (Å²) in [5, 5.41) is 12.0. The van der Waals surface area contributed by atoms with Crippen LogP contribution >= 0.6 is 23.2 Å². The predicted octanol–water partition coefficient (Wildman–Crippen LogP) is 4.80. The molecule has 0 amide bonds. The molecule has 1 aromatic heterocycles. The van der Waals surface area contributed by atoms with Crippen molar-refractivity contribution in [2.24, 2.45) is 0 Å². The number of hydrogen-bond acceptors (Lipinski definition) is 5. The Morgan fingerprint density at radius 2 is 2.00 bits per heavy atom. The van der Waals surface area contributed by atoms with Crippen molar-refractivity contribution in [3.05, 3.63) is 68.4 Å². The molecular weight excluding hydrogens is 357 g/mol. The second kappa shape index (κ2) is 6.51. The van der Waals surface area contributed by atoms with Gasteiger partial charge in [0, 0.05) is 10.0 Å². The zero-order valence-electron chi connectivity index (χ0n) is 12.0. The van der Waals surface area contributed by atoms with E-state index in [1.807, 2.05) is 0 Å². The molecule has 3 rings (SSSR count). The van der Waals surface area contributed by atoms with Crippen LogP contribution in [-0.2, 0) is 11.2 Å². The first kappa shape index (κ1) is 16.3. The van der Waals surface area contributed by atoms with Gasteiger partial charge in [0.25, 0.3) is 0 Å². The highest BCUT2D eigenvalue weighted by Crippen LogP contribution is 2.31. The van der Waals surface area contributed by atoms with E-state index < -0.39 is 10.9 Å². The van der Waals surface area contributed by atoms with E-state index in [-0.39, 0.29) is 23.2 Å². The third-order valence-electron chi connectivity index (χ3n) is 3.30. The van der Waals surface area contributed by atoms with Crippen molar-refractivity contribution in [1.29, 1.82) is 0 Å². The van der Waals surface area contributed by atoms with Gasteiger partial charge in [0.1, 0.15) is 16.7 Å². The highest BCUT2D eigenvalue weighted by molar-refractivity contribution is 6.35. The van der Waals surface area contributed by atoms with Crippen LogP contribution in [0.15, 0.2) is 47.1 Å². The Morgan fingerprint density at radius 1 is 1.21 bits per heavy atom. The summed E-state index contributed by atoms with van der Waals surface area (Å²) in [6, 6.07) is 9.18. The van der Waals surface area contributed by atoms with Gasteiger partial charge < -0.3 is 9.15 Å². The van der Waals surface area contributed by atoms with Crippen LogP contribution in [0.1, 0.15) is 5.56 Å². The maximum absolute atomic E-state index is 12.0. The van der Waals surface area contributed by atoms with E-state index in [1.54, 1.807) is 12.1 Å². The predicted molar refractivity (Wildman–Crippen MR) is 88.7 cm³/mol. The number of nitro groups is 1. The maximum atomic E-state index is 12.0. The van der Waals surface area contributed by atoms with Crippen LogP contribution in [0.25, 0.3) is 11.0 Å². The Bertz CT molecular complexity index is 951. The van der Waals surface area contributed by atoms with Crippen LogP contribution in [0.4, 0.5) is 5.69 Å². The molecule has 0 saturated heterocycles. The lowest BCUT2D eigenvalue weighted by Crippen LogP contribution is -2.11. The molecule has 0 N–H and O–H groups in total. The minimum absolute atomic E-state index is 0.0540. The van der Waals surface area contributed by atoms with Gasteiger partial charge in [-0.1, -0.05) is 29.3 Å². The van der Waals surface area contributed by atoms with Crippen LogP contribution < -0.4 is 4.74 Å². The van der Waals surface area contributed by atoms with Gasteiger partial charge in [0.05, 0.1) is 11.3 Å². The van der Waals surface area contributed by atoms with Crippen molar-refractivity contribution in [3.8, 4) is 5.75 Å². The number of carbonyl (C=O) groups excluding carboxylic acids is 1. The molecule has 0 unspecified atom stereocenters. The molecule has 3 aromatic rings. The quantitative estimate of drug-likeness (QED) is 0.287. The Morgan fingerprint density at radius 3 is 2.71 bits per heavy atom. The van der Waals surface area contributed by atoms with E-state index in [2.05, 4.69) is 0 Å². The standard InChI is InChI=1S/C16H9Cl2NO5/c17-10-2-1-9(13(18)6-10)5-16(20)24-11-3-4-15-12(7-11)14(8-23-15)19(21)22/h1-4,6-8H,5H2. The molecule has 0 aliphatic rings. The second-order valence-electron chi connectivity index (χ2n) is 4.92. The average Bonchev–Trinajstić information content (AvgIpc) is 2.93. The number of esters is 1. The molecule has 0 saturated carbocycles. The van der Waals surface area contributed by atoms with Crippen LogP contribution in [0.5, 0.6) is 5.75 Å². The Kier molecular flexibility index (Phi) is 4.42. The highest BCUT2D eigenvalue weighted by Gasteiger charge is 2.17. The van der Waals surface area contributed by atoms with E-state index in [0.717, 1.165) is 6.26 Å². The lowest BCUT2D eigenvalue weighted by atomic mass is 10.1. The lowest BCUT2D eigenvalue weighted by molar-refractivity contribution is -0.383. The van der Waals surface area contributed by atoms with Gasteiger partial charge in [-0.3, -0.25) is 14.9 Å². The first-order chi connectivity index (χ1) is 11.4. The molecule has 122 valence electrons. The Balaban J connectivity index is 1.80. The van der Waals surface area contributed by atoms with Crippen molar-refractivity contribution in [2.75, 3.05) is 0 Å². The van der Waals surface area contributed by atoms with E-state index in [1.165, 1.54) is 24.3 Å². The average molecular weight is 366 g/mol. The topological polar surface area (TPSA) is 82.6 Å². The third kappa shape index (κ3) is 3.34. The third-order valence-corrected chi connectivity index (χ3v) is 3.89. The normalized spacial score (nSPS) is 10.8. The largest absolute Gasteiger partial charge is 0.457 e. The number of fused-ring (bicyclic) bond motifs is 1. The van der Waals surface area contributed by atoms with Crippen molar-refractivity contribution in [1.82, 2.24) is 0 Å². The van der Waals surface area contributed by atoms with Gasteiger partial charge in [0.15, 0.2) is 6.26 Å². The van der Waals surface area contributed by atoms with E-state index in [9.17, 15) is 14.9 Å². The van der Waals surface area contributed by atoms with Gasteiger partial charge in [0.2, 0.25) is 0 Å². The number of nitrogens with zero attached hydrogens (tertiary/aromatic N) is 1. The van der Waals surface area contributed by atoms with Crippen molar-refractivity contribution in [3.63, 3.8) is 0 Å². The highest BCUT2D eigenvalue weighted by atomic mass is 35.5. The summed E-state index contributed by atoms with van der Waals surface area (Å²) in [4.78, 5) is 22.4. The maximum Gasteiger partial charge on any atom is 0.315 e. The van der Waals surface area contributed by atoms with Gasteiger partial charge in [-0.2, -0.15) is 0 Å². The SMILES string of the molecule is O=C(Cc1ccc(Cl)cc1Cl)Oc1ccc2occ([N+](=O)[O-])c2c1. The number of halogens is 2. The van der Waals surface area contributed by atoms with Gasteiger partial charge >= 0.3 is 11.7 Å². The zero-order valence-corrected chi connectivity index (χ0v) is 13.5. The molecule has 24 heavy (non-hydrogen) atoms. The second-order valence-corrected chi connectivity index (χ2v) is 5.77. The molecule has 0 radical (unpaired) electrons. The zero-order chi connectivity index (χ0) is 17.3. The summed E-state index contributed by atoms with van der Waals surface area (Å²) in [5.41, 5.74) is 0.715. The number of rotatable bonds is 4.